The highest BCUT2D eigenvalue weighted by Crippen LogP contribution is 2.32. The van der Waals surface area contributed by atoms with Crippen LogP contribution in [0.4, 0.5) is 0 Å². The van der Waals surface area contributed by atoms with Crippen LogP contribution in [-0.2, 0) is 4.79 Å². The van der Waals surface area contributed by atoms with Crippen LogP contribution in [0.15, 0.2) is 33.5 Å². The van der Waals surface area contributed by atoms with Gasteiger partial charge in [-0.25, -0.2) is 4.98 Å². The van der Waals surface area contributed by atoms with Crippen LogP contribution >= 0.6 is 23.1 Å². The van der Waals surface area contributed by atoms with Crippen molar-refractivity contribution < 1.29 is 9.90 Å². The molecule has 1 atom stereocenters. The van der Waals surface area contributed by atoms with Gasteiger partial charge in [-0.2, -0.15) is 0 Å². The number of carboxylic acids is 1. The van der Waals surface area contributed by atoms with E-state index in [-0.39, 0.29) is 5.56 Å². The van der Waals surface area contributed by atoms with Crippen molar-refractivity contribution in [1.29, 1.82) is 0 Å². The SMILES string of the molecule is Cc1ccc(-c2csc3nc(SC(C)C(=O)O)[nH]c(=O)c23)cc1C. The van der Waals surface area contributed by atoms with E-state index < -0.39 is 11.2 Å². The molecule has 0 spiro atoms. The largest absolute Gasteiger partial charge is 0.480 e. The van der Waals surface area contributed by atoms with Crippen molar-refractivity contribution >= 4 is 39.3 Å². The fourth-order valence-corrected chi connectivity index (χ4v) is 4.06. The van der Waals surface area contributed by atoms with Crippen molar-refractivity contribution in [2.45, 2.75) is 31.2 Å². The summed E-state index contributed by atoms with van der Waals surface area (Å²) in [7, 11) is 0. The van der Waals surface area contributed by atoms with Crippen LogP contribution in [0.25, 0.3) is 21.3 Å². The number of carbonyl (C=O) groups is 1. The molecule has 2 N–H and O–H groups in total. The molecule has 2 aromatic heterocycles. The monoisotopic (exact) mass is 360 g/mol. The number of carboxylic acid groups (broad SMARTS) is 1. The number of aryl methyl sites for hydroxylation is 2. The van der Waals surface area contributed by atoms with Gasteiger partial charge in [-0.15, -0.1) is 11.3 Å². The Labute approximate surface area is 146 Å². The molecule has 0 bridgehead atoms. The summed E-state index contributed by atoms with van der Waals surface area (Å²) in [6.07, 6.45) is 0. The third-order valence-electron chi connectivity index (χ3n) is 3.88. The van der Waals surface area contributed by atoms with Gasteiger partial charge in [0, 0.05) is 10.9 Å². The van der Waals surface area contributed by atoms with Gasteiger partial charge in [0.25, 0.3) is 5.56 Å². The molecule has 2 heterocycles. The first kappa shape index (κ1) is 16.7. The van der Waals surface area contributed by atoms with Crippen molar-refractivity contribution in [1.82, 2.24) is 9.97 Å². The molecule has 0 amide bonds. The molecule has 7 heteroatoms. The molecule has 0 aliphatic heterocycles. The van der Waals surface area contributed by atoms with E-state index in [4.69, 9.17) is 5.11 Å². The summed E-state index contributed by atoms with van der Waals surface area (Å²) in [5.41, 5.74) is 3.96. The second-order valence-corrected chi connectivity index (χ2v) is 7.79. The fourth-order valence-electron chi connectivity index (χ4n) is 2.32. The Morgan fingerprint density at radius 1 is 1.33 bits per heavy atom. The predicted octanol–water partition coefficient (Wildman–Crippen LogP) is 3.83. The number of thioether (sulfide) groups is 1. The standard InChI is InChI=1S/C17H16N2O3S2/c1-8-4-5-11(6-9(8)2)12-7-23-15-13(12)14(20)18-17(19-15)24-10(3)16(21)22/h4-7,10H,1-3H3,(H,21,22)(H,18,19,20). The maximum Gasteiger partial charge on any atom is 0.316 e. The normalized spacial score (nSPS) is 12.5. The van der Waals surface area contributed by atoms with Crippen LogP contribution in [0.2, 0.25) is 0 Å². The number of aliphatic carboxylic acids is 1. The van der Waals surface area contributed by atoms with E-state index in [1.807, 2.05) is 31.4 Å². The van der Waals surface area contributed by atoms with Crippen LogP contribution < -0.4 is 5.56 Å². The summed E-state index contributed by atoms with van der Waals surface area (Å²) in [6.45, 7) is 5.65. The summed E-state index contributed by atoms with van der Waals surface area (Å²) >= 11 is 2.42. The van der Waals surface area contributed by atoms with E-state index in [2.05, 4.69) is 16.0 Å². The van der Waals surface area contributed by atoms with E-state index in [1.165, 1.54) is 22.5 Å². The summed E-state index contributed by atoms with van der Waals surface area (Å²) in [4.78, 5) is 31.2. The van der Waals surface area contributed by atoms with Crippen LogP contribution in [0.5, 0.6) is 0 Å². The Hall–Kier alpha value is -2.12. The van der Waals surface area contributed by atoms with Gasteiger partial charge < -0.3 is 10.1 Å². The molecule has 0 aliphatic rings. The number of hydrogen-bond acceptors (Lipinski definition) is 5. The lowest BCUT2D eigenvalue weighted by atomic mass is 10.0. The minimum Gasteiger partial charge on any atom is -0.480 e. The molecular formula is C17H16N2O3S2. The molecule has 0 fully saturated rings. The first-order chi connectivity index (χ1) is 11.4. The molecule has 0 saturated carbocycles. The number of rotatable bonds is 4. The highest BCUT2D eigenvalue weighted by atomic mass is 32.2. The highest BCUT2D eigenvalue weighted by molar-refractivity contribution is 8.00. The van der Waals surface area contributed by atoms with Crippen molar-refractivity contribution in [3.05, 3.63) is 45.1 Å². The Morgan fingerprint density at radius 2 is 2.08 bits per heavy atom. The zero-order valence-corrected chi connectivity index (χ0v) is 15.0. The smallest absolute Gasteiger partial charge is 0.316 e. The lowest BCUT2D eigenvalue weighted by molar-refractivity contribution is -0.136. The number of aromatic amines is 1. The molecule has 0 aliphatic carbocycles. The lowest BCUT2D eigenvalue weighted by Gasteiger charge is -2.06. The van der Waals surface area contributed by atoms with Crippen molar-refractivity contribution in [2.24, 2.45) is 0 Å². The van der Waals surface area contributed by atoms with Gasteiger partial charge >= 0.3 is 5.97 Å². The van der Waals surface area contributed by atoms with Gasteiger partial charge in [0.15, 0.2) is 5.16 Å². The van der Waals surface area contributed by atoms with E-state index in [0.29, 0.717) is 15.4 Å². The van der Waals surface area contributed by atoms with Crippen LogP contribution in [0.1, 0.15) is 18.1 Å². The van der Waals surface area contributed by atoms with Gasteiger partial charge in [-0.3, -0.25) is 9.59 Å². The minimum absolute atomic E-state index is 0.241. The number of H-pyrrole nitrogens is 1. The van der Waals surface area contributed by atoms with Crippen LogP contribution in [0, 0.1) is 13.8 Å². The molecule has 5 nitrogen and oxygen atoms in total. The fraction of sp³-hybridized carbons (Fsp3) is 0.235. The summed E-state index contributed by atoms with van der Waals surface area (Å²) in [5.74, 6) is -0.940. The number of fused-ring (bicyclic) bond motifs is 1. The summed E-state index contributed by atoms with van der Waals surface area (Å²) in [5, 5.41) is 11.1. The van der Waals surface area contributed by atoms with Gasteiger partial charge in [-0.05, 0) is 37.5 Å². The molecule has 24 heavy (non-hydrogen) atoms. The topological polar surface area (TPSA) is 83.0 Å². The number of aromatic nitrogens is 2. The van der Waals surface area contributed by atoms with E-state index in [9.17, 15) is 9.59 Å². The number of benzene rings is 1. The maximum atomic E-state index is 12.5. The van der Waals surface area contributed by atoms with Crippen LogP contribution in [-0.4, -0.2) is 26.3 Å². The van der Waals surface area contributed by atoms with Gasteiger partial charge in [0.1, 0.15) is 10.1 Å². The first-order valence-corrected chi connectivity index (χ1v) is 9.11. The lowest BCUT2D eigenvalue weighted by Crippen LogP contribution is -2.14. The Balaban J connectivity index is 2.08. The number of nitrogens with zero attached hydrogens (tertiary/aromatic N) is 1. The Kier molecular flexibility index (Phi) is 4.47. The van der Waals surface area contributed by atoms with Crippen LogP contribution in [0.3, 0.4) is 0 Å². The Morgan fingerprint density at radius 3 is 2.75 bits per heavy atom. The Bertz CT molecular complexity index is 991. The molecule has 124 valence electrons. The van der Waals surface area contributed by atoms with Gasteiger partial charge in [-0.1, -0.05) is 30.0 Å². The molecule has 3 rings (SSSR count). The van der Waals surface area contributed by atoms with Crippen molar-refractivity contribution in [3.63, 3.8) is 0 Å². The maximum absolute atomic E-state index is 12.5. The number of hydrogen-bond donors (Lipinski definition) is 2. The molecule has 3 aromatic rings. The highest BCUT2D eigenvalue weighted by Gasteiger charge is 2.17. The third kappa shape index (κ3) is 3.09. The van der Waals surface area contributed by atoms with Crippen molar-refractivity contribution in [2.75, 3.05) is 0 Å². The molecule has 1 unspecified atom stereocenters. The molecule has 0 radical (unpaired) electrons. The minimum atomic E-state index is -0.940. The molecule has 0 saturated heterocycles. The number of thiophene rings is 1. The zero-order chi connectivity index (χ0) is 17.4. The van der Waals surface area contributed by atoms with E-state index in [0.717, 1.165) is 22.9 Å². The summed E-state index contributed by atoms with van der Waals surface area (Å²) in [6, 6.07) is 6.10. The van der Waals surface area contributed by atoms with E-state index in [1.54, 1.807) is 6.92 Å². The average Bonchev–Trinajstić information content (AvgIpc) is 2.94. The molecular weight excluding hydrogens is 344 g/mol. The van der Waals surface area contributed by atoms with Gasteiger partial charge in [0.05, 0.1) is 5.39 Å². The average molecular weight is 360 g/mol. The van der Waals surface area contributed by atoms with Gasteiger partial charge in [0.2, 0.25) is 0 Å². The quantitative estimate of drug-likeness (QED) is 0.546. The second kappa shape index (κ2) is 6.41. The summed E-state index contributed by atoms with van der Waals surface area (Å²) < 4.78 is 0. The third-order valence-corrected chi connectivity index (χ3v) is 5.72. The van der Waals surface area contributed by atoms with E-state index >= 15 is 0 Å². The zero-order valence-electron chi connectivity index (χ0n) is 13.4. The first-order valence-electron chi connectivity index (χ1n) is 7.35. The van der Waals surface area contributed by atoms with Crippen molar-refractivity contribution in [3.8, 4) is 11.1 Å². The second-order valence-electron chi connectivity index (χ2n) is 5.60. The predicted molar refractivity (Wildman–Crippen MR) is 98.1 cm³/mol. The number of nitrogens with one attached hydrogen (secondary N) is 1. The molecule has 1 aromatic carbocycles.